The highest BCUT2D eigenvalue weighted by Gasteiger charge is 2.55. The van der Waals surface area contributed by atoms with E-state index in [0.29, 0.717) is 29.0 Å². The fourth-order valence-corrected chi connectivity index (χ4v) is 7.74. The van der Waals surface area contributed by atoms with E-state index in [2.05, 4.69) is 10.2 Å². The van der Waals surface area contributed by atoms with Crippen LogP contribution in [-0.4, -0.2) is 60.1 Å². The summed E-state index contributed by atoms with van der Waals surface area (Å²) in [5.41, 5.74) is -2.43. The van der Waals surface area contributed by atoms with Crippen molar-refractivity contribution in [2.75, 3.05) is 0 Å². The number of carbonyl (C=O) groups is 1. The molecule has 2 bridgehead atoms. The number of rotatable bonds is 10. The number of ether oxygens (including phenoxy) is 3. The number of aliphatic carboxylic acids is 1. The zero-order chi connectivity index (χ0) is 30.7. The number of hydrogen-bond donors (Lipinski definition) is 1. The zero-order valence-corrected chi connectivity index (χ0v) is 24.4. The number of fused-ring (bicyclic) bond motifs is 3. The number of carboxylic acid groups (broad SMARTS) is 1. The summed E-state index contributed by atoms with van der Waals surface area (Å²) in [5, 5.41) is 19.1. The van der Waals surface area contributed by atoms with E-state index in [1.54, 1.807) is 25.1 Å². The van der Waals surface area contributed by atoms with Gasteiger partial charge in [0.2, 0.25) is 0 Å². The quantitative estimate of drug-likeness (QED) is 0.278. The maximum atomic E-state index is 14.2. The summed E-state index contributed by atoms with van der Waals surface area (Å²) < 4.78 is 46.6. The molecule has 1 N–H and O–H groups in total. The number of nitrogens with zero attached hydrogens (tertiary/aromatic N) is 5. The number of aryl methyl sites for hydroxylation is 1. The van der Waals surface area contributed by atoms with Crippen LogP contribution in [0.2, 0.25) is 0 Å². The second-order valence-electron chi connectivity index (χ2n) is 11.5. The Labute approximate surface area is 252 Å². The summed E-state index contributed by atoms with van der Waals surface area (Å²) in [7, 11) is 0. The van der Waals surface area contributed by atoms with E-state index in [9.17, 15) is 28.3 Å². The highest BCUT2D eigenvalue weighted by molar-refractivity contribution is 7.21. The third-order valence-electron chi connectivity index (χ3n) is 8.77. The van der Waals surface area contributed by atoms with E-state index in [4.69, 9.17) is 14.2 Å². The van der Waals surface area contributed by atoms with E-state index in [1.807, 2.05) is 0 Å². The molecule has 5 heterocycles. The predicted octanol–water partition coefficient (Wildman–Crippen LogP) is 3.76. The molecule has 3 aromatic heterocycles. The molecule has 0 radical (unpaired) electrons. The van der Waals surface area contributed by atoms with Gasteiger partial charge in [-0.25, -0.2) is 14.2 Å². The Bertz CT molecular complexity index is 1840. The van der Waals surface area contributed by atoms with Crippen molar-refractivity contribution in [3.05, 3.63) is 68.6 Å². The van der Waals surface area contributed by atoms with Crippen molar-refractivity contribution in [2.24, 2.45) is 0 Å². The number of para-hydroxylation sites is 1. The van der Waals surface area contributed by atoms with Crippen molar-refractivity contribution in [2.45, 2.75) is 88.6 Å². The molecule has 15 heteroatoms. The van der Waals surface area contributed by atoms with Gasteiger partial charge in [-0.15, -0.1) is 4.80 Å². The van der Waals surface area contributed by atoms with Crippen molar-refractivity contribution in [3.63, 3.8) is 0 Å². The molecule has 2 aliphatic heterocycles. The topological polar surface area (TPSA) is 140 Å². The molecule has 1 aromatic carbocycles. The molecule has 4 atom stereocenters. The van der Waals surface area contributed by atoms with Gasteiger partial charge in [-0.2, -0.15) is 19.0 Å². The molecule has 232 valence electrons. The molecule has 1 saturated carbocycles. The normalized spacial score (nSPS) is 22.9. The van der Waals surface area contributed by atoms with Gasteiger partial charge in [0.25, 0.3) is 5.56 Å². The Hall–Kier alpha value is -3.95. The molecule has 0 amide bonds. The minimum absolute atomic E-state index is 0.0256. The number of alkyl halides is 2. The van der Waals surface area contributed by atoms with E-state index in [0.717, 1.165) is 28.7 Å². The van der Waals surface area contributed by atoms with Gasteiger partial charge in [-0.05, 0) is 51.5 Å². The molecule has 2 saturated heterocycles. The van der Waals surface area contributed by atoms with Crippen LogP contribution >= 0.6 is 11.3 Å². The number of carboxylic acids is 1. The van der Waals surface area contributed by atoms with Crippen molar-refractivity contribution in [1.29, 1.82) is 0 Å². The Morgan fingerprint density at radius 1 is 1.16 bits per heavy atom. The Morgan fingerprint density at radius 3 is 2.48 bits per heavy atom. The molecular weight excluding hydrogens is 600 g/mol. The third kappa shape index (κ3) is 4.82. The predicted molar refractivity (Wildman–Crippen MR) is 153 cm³/mol. The lowest BCUT2D eigenvalue weighted by molar-refractivity contribution is -0.142. The highest BCUT2D eigenvalue weighted by atomic mass is 32.1. The number of halogens is 2. The van der Waals surface area contributed by atoms with Crippen molar-refractivity contribution >= 4 is 27.5 Å². The van der Waals surface area contributed by atoms with Crippen LogP contribution in [0, 0.1) is 6.92 Å². The first-order valence-electron chi connectivity index (χ1n) is 14.4. The Balaban J connectivity index is 1.41. The van der Waals surface area contributed by atoms with Crippen LogP contribution in [0.5, 0.6) is 5.75 Å². The van der Waals surface area contributed by atoms with E-state index < -0.39 is 35.5 Å². The number of thiophene rings is 1. The minimum atomic E-state index is -3.10. The largest absolute Gasteiger partial charge is 0.479 e. The molecule has 7 rings (SSSR count). The molecule has 3 fully saturated rings. The minimum Gasteiger partial charge on any atom is -0.479 e. The van der Waals surface area contributed by atoms with Gasteiger partial charge in [0.1, 0.15) is 27.2 Å². The molecule has 1 aliphatic carbocycles. The van der Waals surface area contributed by atoms with Crippen LogP contribution < -0.4 is 16.0 Å². The Kier molecular flexibility index (Phi) is 7.13. The Morgan fingerprint density at radius 2 is 1.84 bits per heavy atom. The van der Waals surface area contributed by atoms with E-state index in [1.165, 1.54) is 27.8 Å². The monoisotopic (exact) mass is 629 g/mol. The lowest BCUT2D eigenvalue weighted by atomic mass is 10.0. The molecule has 44 heavy (non-hydrogen) atoms. The van der Waals surface area contributed by atoms with Gasteiger partial charge in [0.05, 0.1) is 42.6 Å². The van der Waals surface area contributed by atoms with E-state index >= 15 is 0 Å². The first kappa shape index (κ1) is 28.8. The number of aromatic nitrogens is 5. The summed E-state index contributed by atoms with van der Waals surface area (Å²) in [6, 6.07) is 6.24. The third-order valence-corrected chi connectivity index (χ3v) is 10.1. The van der Waals surface area contributed by atoms with Crippen molar-refractivity contribution in [1.82, 2.24) is 24.1 Å². The summed E-state index contributed by atoms with van der Waals surface area (Å²) in [5.74, 6) is -1.38. The molecular formula is C29H29F2N5O7S. The summed E-state index contributed by atoms with van der Waals surface area (Å²) >= 11 is 1.11. The van der Waals surface area contributed by atoms with Gasteiger partial charge in [-0.3, -0.25) is 9.36 Å². The lowest BCUT2D eigenvalue weighted by Gasteiger charge is -2.32. The average Bonchev–Trinajstić information content (AvgIpc) is 3.27. The lowest BCUT2D eigenvalue weighted by Crippen LogP contribution is -2.49. The second-order valence-corrected chi connectivity index (χ2v) is 12.5. The molecule has 0 spiro atoms. The van der Waals surface area contributed by atoms with E-state index in [-0.39, 0.29) is 53.7 Å². The van der Waals surface area contributed by atoms with Crippen molar-refractivity contribution < 1.29 is 32.9 Å². The first-order chi connectivity index (χ1) is 21.2. The summed E-state index contributed by atoms with van der Waals surface area (Å²) in [4.78, 5) is 42.1. The van der Waals surface area contributed by atoms with Crippen LogP contribution in [-0.2, 0) is 26.4 Å². The highest BCUT2D eigenvalue weighted by Crippen LogP contribution is 2.43. The van der Waals surface area contributed by atoms with Gasteiger partial charge in [0, 0.05) is 11.1 Å². The number of hydrogen-bond acceptors (Lipinski definition) is 9. The first-order valence-corrected chi connectivity index (χ1v) is 15.2. The van der Waals surface area contributed by atoms with Gasteiger partial charge in [-0.1, -0.05) is 29.5 Å². The molecule has 3 aliphatic rings. The fourth-order valence-electron chi connectivity index (χ4n) is 6.52. The van der Waals surface area contributed by atoms with Gasteiger partial charge in [0.15, 0.2) is 0 Å². The standard InChI is InChI=1S/C29H29F2N5O7S/c1-15-22-23(37)35(29(8-9-29)26(38)39)28(40)34(25(22)44-24(15)36-32-10-11-33-36)14-21(19-4-2-3-5-20(19)43-27(30)31)42-18-12-16-6-7-17(13-18)41-16/h2-5,10-11,16-18,21,27H,6-9,12-14H2,1H3,(H,38,39)/t16-,17+,18+,21-/m0/s1. The molecule has 12 nitrogen and oxygen atoms in total. The van der Waals surface area contributed by atoms with Crippen molar-refractivity contribution in [3.8, 4) is 10.8 Å². The maximum absolute atomic E-state index is 14.2. The van der Waals surface area contributed by atoms with Gasteiger partial charge >= 0.3 is 18.3 Å². The maximum Gasteiger partial charge on any atom is 0.387 e. The molecule has 4 aromatic rings. The fraction of sp³-hybridized carbons (Fsp3) is 0.483. The van der Waals surface area contributed by atoms with Crippen LogP contribution in [0.15, 0.2) is 46.2 Å². The van der Waals surface area contributed by atoms with Gasteiger partial charge < -0.3 is 19.3 Å². The summed E-state index contributed by atoms with van der Waals surface area (Å²) in [6.07, 6.45) is 5.00. The van der Waals surface area contributed by atoms with Crippen LogP contribution in [0.1, 0.15) is 55.8 Å². The smallest absolute Gasteiger partial charge is 0.387 e. The van der Waals surface area contributed by atoms with Crippen LogP contribution in [0.3, 0.4) is 0 Å². The van der Waals surface area contributed by atoms with Crippen LogP contribution in [0.25, 0.3) is 15.2 Å². The van der Waals surface area contributed by atoms with Crippen LogP contribution in [0.4, 0.5) is 8.78 Å². The zero-order valence-electron chi connectivity index (χ0n) is 23.6. The molecule has 0 unspecified atom stereocenters. The summed E-state index contributed by atoms with van der Waals surface area (Å²) in [6.45, 7) is -1.61. The SMILES string of the molecule is Cc1c(-n2nccn2)sc2c1c(=O)n(C1(C(=O)O)CC1)c(=O)n2C[C@H](O[C@H]1C[C@H]2CC[C@@H](C1)O2)c1ccccc1OC(F)F. The number of benzene rings is 1. The average molecular weight is 630 g/mol. The second kappa shape index (κ2) is 10.9.